The number of esters is 2. The number of aliphatic hydroxyl groups excluding tert-OH is 4. The van der Waals surface area contributed by atoms with Gasteiger partial charge < -0.3 is 39.4 Å². The SMILES string of the molecule is CCCC/C=C\CCCCCCCC(=O)OC(COC(=O)CCCCCCCCCCCCCCCCCCCCCCCCC)COC1OC(CO)C(O)C(O)C1O. The highest BCUT2D eigenvalue weighted by atomic mass is 16.7. The number of rotatable bonds is 42. The van der Waals surface area contributed by atoms with Crippen molar-refractivity contribution in [1.29, 1.82) is 0 Å². The van der Waals surface area contributed by atoms with Gasteiger partial charge in [-0.2, -0.15) is 0 Å². The zero-order valence-corrected chi connectivity index (χ0v) is 38.0. The summed E-state index contributed by atoms with van der Waals surface area (Å²) in [6.07, 6.45) is 36.7. The van der Waals surface area contributed by atoms with Crippen molar-refractivity contribution in [3.05, 3.63) is 12.2 Å². The van der Waals surface area contributed by atoms with Crippen molar-refractivity contribution in [2.24, 2.45) is 0 Å². The molecule has 4 N–H and O–H groups in total. The molecule has 0 aromatic rings. The molecule has 1 aliphatic heterocycles. The Morgan fingerprint density at radius 1 is 0.508 bits per heavy atom. The van der Waals surface area contributed by atoms with Crippen molar-refractivity contribution in [2.45, 2.75) is 269 Å². The van der Waals surface area contributed by atoms with Gasteiger partial charge in [0, 0.05) is 12.8 Å². The molecule has 6 unspecified atom stereocenters. The van der Waals surface area contributed by atoms with Crippen LogP contribution in [0.2, 0.25) is 0 Å². The molecule has 1 heterocycles. The minimum absolute atomic E-state index is 0.215. The molecule has 10 nitrogen and oxygen atoms in total. The predicted octanol–water partition coefficient (Wildman–Crippen LogP) is 11.1. The van der Waals surface area contributed by atoms with E-state index in [2.05, 4.69) is 26.0 Å². The van der Waals surface area contributed by atoms with Crippen LogP contribution in [-0.4, -0.2) is 89.0 Å². The van der Waals surface area contributed by atoms with Crippen molar-refractivity contribution in [3.8, 4) is 0 Å². The van der Waals surface area contributed by atoms with E-state index in [-0.39, 0.29) is 32.0 Å². The Bertz CT molecular complexity index is 974. The molecule has 348 valence electrons. The van der Waals surface area contributed by atoms with Crippen molar-refractivity contribution in [2.75, 3.05) is 19.8 Å². The highest BCUT2D eigenvalue weighted by Crippen LogP contribution is 2.23. The van der Waals surface area contributed by atoms with Gasteiger partial charge in [-0.05, 0) is 32.1 Å². The van der Waals surface area contributed by atoms with Gasteiger partial charge in [-0.15, -0.1) is 0 Å². The number of carbonyl (C=O) groups is 2. The van der Waals surface area contributed by atoms with Crippen LogP contribution in [0.1, 0.15) is 232 Å². The summed E-state index contributed by atoms with van der Waals surface area (Å²) in [4.78, 5) is 25.3. The molecule has 0 aromatic heterocycles. The fraction of sp³-hybridized carbons (Fsp3) is 0.918. The number of carbonyl (C=O) groups excluding carboxylic acids is 2. The molecule has 59 heavy (non-hydrogen) atoms. The Hall–Kier alpha value is -1.56. The second kappa shape index (κ2) is 40.5. The summed E-state index contributed by atoms with van der Waals surface area (Å²) in [6, 6.07) is 0. The lowest BCUT2D eigenvalue weighted by Crippen LogP contribution is -2.59. The molecular formula is C49H92O10. The zero-order chi connectivity index (χ0) is 43.0. The summed E-state index contributed by atoms with van der Waals surface area (Å²) in [5.41, 5.74) is 0. The first-order chi connectivity index (χ1) is 28.8. The third-order valence-corrected chi connectivity index (χ3v) is 11.7. The van der Waals surface area contributed by atoms with Crippen LogP contribution in [0.3, 0.4) is 0 Å². The Balaban J connectivity index is 2.19. The highest BCUT2D eigenvalue weighted by Gasteiger charge is 2.44. The maximum atomic E-state index is 12.7. The summed E-state index contributed by atoms with van der Waals surface area (Å²) in [6.45, 7) is 3.40. The van der Waals surface area contributed by atoms with E-state index >= 15 is 0 Å². The maximum absolute atomic E-state index is 12.7. The van der Waals surface area contributed by atoms with Crippen molar-refractivity contribution < 1.29 is 49.0 Å². The van der Waals surface area contributed by atoms with Gasteiger partial charge in [-0.25, -0.2) is 0 Å². The van der Waals surface area contributed by atoms with E-state index in [4.69, 9.17) is 18.9 Å². The van der Waals surface area contributed by atoms with Crippen molar-refractivity contribution in [3.63, 3.8) is 0 Å². The third-order valence-electron chi connectivity index (χ3n) is 11.7. The van der Waals surface area contributed by atoms with Gasteiger partial charge in [-0.1, -0.05) is 199 Å². The van der Waals surface area contributed by atoms with Crippen molar-refractivity contribution >= 4 is 11.9 Å². The van der Waals surface area contributed by atoms with E-state index in [1.807, 2.05) is 0 Å². The summed E-state index contributed by atoms with van der Waals surface area (Å²) in [7, 11) is 0. The number of hydrogen-bond donors (Lipinski definition) is 4. The number of unbranched alkanes of at least 4 members (excludes halogenated alkanes) is 29. The molecule has 10 heteroatoms. The van der Waals surface area contributed by atoms with Crippen LogP contribution >= 0.6 is 0 Å². The fourth-order valence-corrected chi connectivity index (χ4v) is 7.70. The van der Waals surface area contributed by atoms with Crippen LogP contribution in [0, 0.1) is 0 Å². The van der Waals surface area contributed by atoms with E-state index < -0.39 is 49.4 Å². The Kier molecular flexibility index (Phi) is 38.1. The monoisotopic (exact) mass is 841 g/mol. The van der Waals surface area contributed by atoms with Crippen LogP contribution in [0.4, 0.5) is 0 Å². The predicted molar refractivity (Wildman–Crippen MR) is 238 cm³/mol. The van der Waals surface area contributed by atoms with Gasteiger partial charge in [0.25, 0.3) is 0 Å². The molecule has 6 atom stereocenters. The standard InChI is InChI=1S/C49H92O10/c1-3-5-7-9-11-13-15-16-17-18-19-20-21-22-23-24-25-26-28-29-31-33-35-37-44(51)56-40-42(41-57-49-48(55)47(54)46(53)43(39-50)59-49)58-45(52)38-36-34-32-30-27-14-12-10-8-6-4-2/h10,12,42-43,46-50,53-55H,3-9,11,13-41H2,1-2H3/b12-10-. The topological polar surface area (TPSA) is 152 Å². The molecule has 0 aromatic carbocycles. The normalized spacial score (nSPS) is 20.0. The van der Waals surface area contributed by atoms with Gasteiger partial charge in [0.1, 0.15) is 31.0 Å². The minimum atomic E-state index is -1.59. The summed E-state index contributed by atoms with van der Waals surface area (Å²) in [5, 5.41) is 40.1. The highest BCUT2D eigenvalue weighted by molar-refractivity contribution is 5.70. The van der Waals surface area contributed by atoms with E-state index in [1.165, 1.54) is 141 Å². The first-order valence-electron chi connectivity index (χ1n) is 24.8. The maximum Gasteiger partial charge on any atom is 0.306 e. The molecule has 0 aliphatic carbocycles. The number of ether oxygens (including phenoxy) is 4. The lowest BCUT2D eigenvalue weighted by molar-refractivity contribution is -0.305. The lowest BCUT2D eigenvalue weighted by Gasteiger charge is -2.39. The summed E-state index contributed by atoms with van der Waals surface area (Å²) in [5.74, 6) is -0.806. The number of allylic oxidation sites excluding steroid dienone is 2. The van der Waals surface area contributed by atoms with Gasteiger partial charge in [0.05, 0.1) is 13.2 Å². The van der Waals surface area contributed by atoms with Gasteiger partial charge in [-0.3, -0.25) is 9.59 Å². The molecule has 1 saturated heterocycles. The van der Waals surface area contributed by atoms with Gasteiger partial charge in [0.2, 0.25) is 0 Å². The van der Waals surface area contributed by atoms with Crippen molar-refractivity contribution in [1.82, 2.24) is 0 Å². The second-order valence-electron chi connectivity index (χ2n) is 17.3. The molecular weight excluding hydrogens is 749 g/mol. The summed E-state index contributed by atoms with van der Waals surface area (Å²) < 4.78 is 22.2. The van der Waals surface area contributed by atoms with Crippen LogP contribution in [0.15, 0.2) is 12.2 Å². The second-order valence-corrected chi connectivity index (χ2v) is 17.3. The smallest absolute Gasteiger partial charge is 0.306 e. The third kappa shape index (κ3) is 31.9. The Morgan fingerprint density at radius 2 is 0.915 bits per heavy atom. The average Bonchev–Trinajstić information content (AvgIpc) is 3.23. The first kappa shape index (κ1) is 55.5. The van der Waals surface area contributed by atoms with Gasteiger partial charge >= 0.3 is 11.9 Å². The molecule has 0 spiro atoms. The number of hydrogen-bond acceptors (Lipinski definition) is 10. The lowest BCUT2D eigenvalue weighted by atomic mass is 9.99. The van der Waals surface area contributed by atoms with Crippen LogP contribution in [-0.2, 0) is 28.5 Å². The Labute approximate surface area is 361 Å². The first-order valence-corrected chi connectivity index (χ1v) is 24.8. The number of aliphatic hydroxyl groups is 4. The molecule has 0 bridgehead atoms. The largest absolute Gasteiger partial charge is 0.462 e. The van der Waals surface area contributed by atoms with Gasteiger partial charge in [0.15, 0.2) is 12.4 Å². The van der Waals surface area contributed by atoms with Crippen LogP contribution in [0.25, 0.3) is 0 Å². The Morgan fingerprint density at radius 3 is 1.37 bits per heavy atom. The van der Waals surface area contributed by atoms with Crippen LogP contribution in [0.5, 0.6) is 0 Å². The van der Waals surface area contributed by atoms with E-state index in [1.54, 1.807) is 0 Å². The van der Waals surface area contributed by atoms with E-state index in [0.717, 1.165) is 57.8 Å². The molecule has 0 radical (unpaired) electrons. The molecule has 1 aliphatic rings. The molecule has 1 rings (SSSR count). The van der Waals surface area contributed by atoms with E-state index in [0.29, 0.717) is 6.42 Å². The molecule has 0 amide bonds. The fourth-order valence-electron chi connectivity index (χ4n) is 7.70. The van der Waals surface area contributed by atoms with E-state index in [9.17, 15) is 30.0 Å². The van der Waals surface area contributed by atoms with Crippen LogP contribution < -0.4 is 0 Å². The molecule has 0 saturated carbocycles. The quantitative estimate of drug-likeness (QED) is 0.0265. The minimum Gasteiger partial charge on any atom is -0.462 e. The average molecular weight is 841 g/mol. The molecule has 1 fully saturated rings. The zero-order valence-electron chi connectivity index (χ0n) is 38.0. The summed E-state index contributed by atoms with van der Waals surface area (Å²) >= 11 is 0.